The monoisotopic (exact) mass is 1720 g/mol. The molecular weight excluding hydrogens is 1560 g/mol. The number of rotatable bonds is 12. The van der Waals surface area contributed by atoms with Gasteiger partial charge in [-0.1, -0.05) is 424 Å². The number of benzene rings is 16. The first-order valence-corrected chi connectivity index (χ1v) is 48.8. The van der Waals surface area contributed by atoms with Crippen molar-refractivity contribution in [1.29, 1.82) is 0 Å². The Kier molecular flexibility index (Phi) is 49.3. The summed E-state index contributed by atoms with van der Waals surface area (Å²) in [5.41, 5.74) is 7.77. The first-order valence-electron chi connectivity index (χ1n) is 48.8. The zero-order valence-electron chi connectivity index (χ0n) is 83.6. The quantitative estimate of drug-likeness (QED) is 0.120. The first kappa shape index (κ1) is 107. The summed E-state index contributed by atoms with van der Waals surface area (Å²) in [6.07, 6.45) is 0. The number of nitrogens with zero attached hydrogens (tertiary/aromatic N) is 4. The number of hydrogen-bond acceptors (Lipinski definition) is 8. The molecule has 0 unspecified atom stereocenters. The predicted octanol–water partition coefficient (Wildman–Crippen LogP) is 37.2. The predicted molar refractivity (Wildman–Crippen MR) is 580 cm³/mol. The van der Waals surface area contributed by atoms with Crippen LogP contribution >= 0.6 is 0 Å². The summed E-state index contributed by atoms with van der Waals surface area (Å²) in [6, 6.07) is 102. The molecule has 4 heterocycles. The SMILES string of the molecule is CC.CC.CC.CC.CC.CC.CC.CC.CCN(CC)CC.CCN(CC)CC.CCN(CC)CC.CCN(CC)CC.c1ccc2c(c1)ccc1c2oc2ccc3ccccc3c21.c1ccc2c(c1)ccc1c3ccc4ccccc4c3oc21.c1ccc2cc3c(cc2c1)oc1c2ccccc2ccc31.c1ccc2cc3c(cc2c1)oc1ccc2ccccc2c13. The largest absolute Gasteiger partial charge is 0.456 e. The average Bonchev–Trinajstić information content (AvgIpc) is 1.56. The van der Waals surface area contributed by atoms with Gasteiger partial charge in [0, 0.05) is 64.6 Å². The van der Waals surface area contributed by atoms with Gasteiger partial charge < -0.3 is 37.3 Å². The van der Waals surface area contributed by atoms with Gasteiger partial charge in [0.05, 0.1) is 0 Å². The molecule has 16 aromatic carbocycles. The zero-order chi connectivity index (χ0) is 94.0. The first-order chi connectivity index (χ1) is 63.0. The summed E-state index contributed by atoms with van der Waals surface area (Å²) in [7, 11) is 0. The maximum atomic E-state index is 6.28. The lowest BCUT2D eigenvalue weighted by atomic mass is 10.0. The van der Waals surface area contributed by atoms with Crippen molar-refractivity contribution in [3.63, 3.8) is 0 Å². The third-order valence-corrected chi connectivity index (χ3v) is 22.3. The molecule has 0 radical (unpaired) electrons. The molecule has 0 atom stereocenters. The number of fused-ring (bicyclic) bond motifs is 26. The van der Waals surface area contributed by atoms with Gasteiger partial charge in [-0.15, -0.1) is 0 Å². The van der Waals surface area contributed by atoms with Crippen LogP contribution in [0.4, 0.5) is 0 Å². The molecule has 0 bridgehead atoms. The van der Waals surface area contributed by atoms with E-state index in [1.165, 1.54) is 208 Å². The Balaban J connectivity index is 0.000000263. The molecule has 20 aromatic rings. The van der Waals surface area contributed by atoms with E-state index >= 15 is 0 Å². The number of hydrogen-bond donors (Lipinski definition) is 0. The van der Waals surface area contributed by atoms with E-state index in [-0.39, 0.29) is 0 Å². The van der Waals surface area contributed by atoms with Gasteiger partial charge in [-0.25, -0.2) is 0 Å². The standard InChI is InChI=1S/4C20H12O.4C6H15N.8C2H6/c1-3-7-15-13(5-1)10-12-18-19(15)17-11-9-14-6-2-4-8-16(14)20(17)21-18;1-3-7-15-13(5-1)9-11-17-18-12-10-14-6-2-4-8-16(14)20(18)21-19(15)17;1-2-7-15-12-19-17(11-14(15)6-1)20-16-8-4-3-5-13(16)9-10-18(20)21-19;1-2-7-15-12-19-18(11-14(15)6-1)17-10-9-13-5-3-4-8-16(13)20(17)21-19;4*1-4-7(5-2)6-3;8*1-2/h4*1-12H;4*4-6H2,1-3H3;8*1-2H3. The average molecular weight is 1720 g/mol. The van der Waals surface area contributed by atoms with Crippen molar-refractivity contribution >= 4 is 174 Å². The minimum absolute atomic E-state index is 0.957. The van der Waals surface area contributed by atoms with Crippen LogP contribution < -0.4 is 0 Å². The Bertz CT molecular complexity index is 6180. The summed E-state index contributed by atoms with van der Waals surface area (Å²) in [5.74, 6) is 0. The molecule has 20 rings (SSSR count). The van der Waals surface area contributed by atoms with Crippen LogP contribution in [0.2, 0.25) is 0 Å². The van der Waals surface area contributed by atoms with Gasteiger partial charge in [0.1, 0.15) is 44.7 Å². The molecule has 680 valence electrons. The van der Waals surface area contributed by atoms with Gasteiger partial charge in [0.25, 0.3) is 0 Å². The molecule has 0 aliphatic heterocycles. The molecule has 0 fully saturated rings. The molecule has 0 spiro atoms. The highest BCUT2D eigenvalue weighted by molar-refractivity contribution is 6.25. The second-order valence-electron chi connectivity index (χ2n) is 28.3. The third-order valence-electron chi connectivity index (χ3n) is 22.3. The Morgan fingerprint density at radius 2 is 0.344 bits per heavy atom. The summed E-state index contributed by atoms with van der Waals surface area (Å²) < 4.78 is 24.7. The van der Waals surface area contributed by atoms with Crippen LogP contribution in [0.25, 0.3) is 174 Å². The Morgan fingerprint density at radius 1 is 0.148 bits per heavy atom. The maximum absolute atomic E-state index is 6.28. The summed E-state index contributed by atoms with van der Waals surface area (Å²) in [4.78, 5) is 9.50. The smallest absolute Gasteiger partial charge is 0.143 e. The van der Waals surface area contributed by atoms with Crippen LogP contribution in [0.5, 0.6) is 0 Å². The van der Waals surface area contributed by atoms with Crippen molar-refractivity contribution < 1.29 is 17.7 Å². The molecule has 4 aromatic heterocycles. The van der Waals surface area contributed by atoms with E-state index < -0.39 is 0 Å². The van der Waals surface area contributed by atoms with Crippen LogP contribution in [-0.2, 0) is 0 Å². The van der Waals surface area contributed by atoms with Gasteiger partial charge in [-0.2, -0.15) is 0 Å². The summed E-state index contributed by atoms with van der Waals surface area (Å²) in [6.45, 7) is 72.5. The minimum Gasteiger partial charge on any atom is -0.456 e. The summed E-state index contributed by atoms with van der Waals surface area (Å²) in [5, 5.41) is 29.1. The van der Waals surface area contributed by atoms with Crippen molar-refractivity contribution in [1.82, 2.24) is 19.6 Å². The molecule has 0 amide bonds. The molecule has 0 N–H and O–H groups in total. The minimum atomic E-state index is 0.957. The lowest BCUT2D eigenvalue weighted by Crippen LogP contribution is -2.21. The Morgan fingerprint density at radius 3 is 0.641 bits per heavy atom. The second-order valence-corrected chi connectivity index (χ2v) is 28.3. The van der Waals surface area contributed by atoms with Crippen LogP contribution in [0, 0.1) is 0 Å². The molecule has 0 aliphatic carbocycles. The van der Waals surface area contributed by atoms with E-state index in [9.17, 15) is 0 Å². The summed E-state index contributed by atoms with van der Waals surface area (Å²) >= 11 is 0. The van der Waals surface area contributed by atoms with E-state index in [2.05, 4.69) is 394 Å². The highest BCUT2D eigenvalue weighted by Gasteiger charge is 2.17. The van der Waals surface area contributed by atoms with Crippen LogP contribution in [0.1, 0.15) is 194 Å². The van der Waals surface area contributed by atoms with E-state index in [1.54, 1.807) is 0 Å². The van der Waals surface area contributed by atoms with Crippen molar-refractivity contribution in [2.24, 2.45) is 0 Å². The van der Waals surface area contributed by atoms with Crippen molar-refractivity contribution in [3.05, 3.63) is 291 Å². The Labute approximate surface area is 769 Å². The van der Waals surface area contributed by atoms with Gasteiger partial charge in [0.15, 0.2) is 0 Å². The fourth-order valence-electron chi connectivity index (χ4n) is 15.6. The van der Waals surface area contributed by atoms with E-state index in [4.69, 9.17) is 17.7 Å². The lowest BCUT2D eigenvalue weighted by Gasteiger charge is -2.13. The van der Waals surface area contributed by atoms with Gasteiger partial charge in [0.2, 0.25) is 0 Å². The molecule has 0 aliphatic rings. The third kappa shape index (κ3) is 26.9. The van der Waals surface area contributed by atoms with Crippen molar-refractivity contribution in [2.45, 2.75) is 194 Å². The van der Waals surface area contributed by atoms with Crippen LogP contribution in [0.15, 0.2) is 309 Å². The lowest BCUT2D eigenvalue weighted by molar-refractivity contribution is 0.321. The van der Waals surface area contributed by atoms with E-state index in [1.807, 2.05) is 111 Å². The van der Waals surface area contributed by atoms with Crippen molar-refractivity contribution in [3.8, 4) is 0 Å². The fraction of sp³-hybridized carbons (Fsp3) is 0.333. The highest BCUT2D eigenvalue weighted by atomic mass is 16.3. The number of furan rings is 4. The molecular formula is C120H156N4O4. The molecule has 8 nitrogen and oxygen atoms in total. The molecule has 0 saturated heterocycles. The Hall–Kier alpha value is -11.4. The molecule has 8 heteroatoms. The van der Waals surface area contributed by atoms with E-state index in [0.717, 1.165) is 44.7 Å². The van der Waals surface area contributed by atoms with Crippen LogP contribution in [0.3, 0.4) is 0 Å². The molecule has 128 heavy (non-hydrogen) atoms. The maximum Gasteiger partial charge on any atom is 0.143 e. The molecule has 0 saturated carbocycles. The van der Waals surface area contributed by atoms with Gasteiger partial charge in [-0.3, -0.25) is 0 Å². The van der Waals surface area contributed by atoms with Gasteiger partial charge >= 0.3 is 0 Å². The second kappa shape index (κ2) is 58.9. The van der Waals surface area contributed by atoms with Crippen molar-refractivity contribution in [2.75, 3.05) is 78.5 Å². The highest BCUT2D eigenvalue weighted by Crippen LogP contribution is 2.42. The zero-order valence-corrected chi connectivity index (χ0v) is 83.6. The van der Waals surface area contributed by atoms with Crippen LogP contribution in [-0.4, -0.2) is 98.1 Å². The van der Waals surface area contributed by atoms with Gasteiger partial charge in [-0.05, 0) is 204 Å². The van der Waals surface area contributed by atoms with E-state index in [0.29, 0.717) is 0 Å². The topological polar surface area (TPSA) is 65.5 Å². The fourth-order valence-corrected chi connectivity index (χ4v) is 15.6. The normalized spacial score (nSPS) is 10.4.